The molecular formula is C31H37NO6. The summed E-state index contributed by atoms with van der Waals surface area (Å²) in [7, 11) is 3.19. The summed E-state index contributed by atoms with van der Waals surface area (Å²) in [5, 5.41) is 0. The highest BCUT2D eigenvalue weighted by atomic mass is 16.5. The SMILES string of the molecule is CCCOc1ccc([C@@H]2C(C(=O)OCc3ccc(OC)cc3)=C(C)N=C3CC(C)(C)CC(=O)C32)cc1OC. The van der Waals surface area contributed by atoms with Crippen molar-refractivity contribution in [2.45, 2.75) is 59.5 Å². The first kappa shape index (κ1) is 27.4. The molecule has 1 heterocycles. The number of hydrogen-bond acceptors (Lipinski definition) is 7. The number of ketones is 1. The molecule has 7 heteroatoms. The minimum atomic E-state index is -0.526. The van der Waals surface area contributed by atoms with E-state index in [0.717, 1.165) is 29.0 Å². The van der Waals surface area contributed by atoms with Crippen LogP contribution in [0.2, 0.25) is 0 Å². The van der Waals surface area contributed by atoms with Gasteiger partial charge in [0.25, 0.3) is 0 Å². The van der Waals surface area contributed by atoms with Crippen molar-refractivity contribution in [2.75, 3.05) is 20.8 Å². The molecule has 7 nitrogen and oxygen atoms in total. The number of benzene rings is 2. The Balaban J connectivity index is 1.72. The van der Waals surface area contributed by atoms with Crippen LogP contribution in [0.1, 0.15) is 64.0 Å². The molecule has 1 aliphatic carbocycles. The Bertz CT molecular complexity index is 1260. The number of fused-ring (bicyclic) bond motifs is 1. The largest absolute Gasteiger partial charge is 0.497 e. The number of ether oxygens (including phenoxy) is 4. The molecule has 0 spiro atoms. The molecular weight excluding hydrogens is 482 g/mol. The van der Waals surface area contributed by atoms with Crippen molar-refractivity contribution in [3.8, 4) is 17.2 Å². The van der Waals surface area contributed by atoms with Crippen LogP contribution in [0.25, 0.3) is 0 Å². The zero-order valence-electron chi connectivity index (χ0n) is 23.1. The number of aliphatic imine (C=N–C) groups is 1. The molecule has 0 amide bonds. The maximum Gasteiger partial charge on any atom is 0.336 e. The number of esters is 1. The Morgan fingerprint density at radius 2 is 1.74 bits per heavy atom. The van der Waals surface area contributed by atoms with Crippen LogP contribution in [-0.4, -0.2) is 38.3 Å². The fraction of sp³-hybridized carbons (Fsp3) is 0.452. The fourth-order valence-electron chi connectivity index (χ4n) is 5.38. The van der Waals surface area contributed by atoms with Crippen molar-refractivity contribution in [3.05, 3.63) is 64.9 Å². The molecule has 1 fully saturated rings. The van der Waals surface area contributed by atoms with Crippen LogP contribution in [0, 0.1) is 11.3 Å². The Labute approximate surface area is 224 Å². The van der Waals surface area contributed by atoms with Gasteiger partial charge in [0, 0.05) is 23.7 Å². The van der Waals surface area contributed by atoms with E-state index in [4.69, 9.17) is 23.9 Å². The second-order valence-corrected chi connectivity index (χ2v) is 10.7. The molecule has 0 radical (unpaired) electrons. The number of methoxy groups -OCH3 is 2. The highest BCUT2D eigenvalue weighted by Gasteiger charge is 2.47. The van der Waals surface area contributed by atoms with Crippen molar-refractivity contribution >= 4 is 17.5 Å². The molecule has 4 rings (SSSR count). The molecule has 1 aliphatic heterocycles. The first-order valence-corrected chi connectivity index (χ1v) is 13.1. The number of nitrogens with zero attached hydrogens (tertiary/aromatic N) is 1. The van der Waals surface area contributed by atoms with Crippen molar-refractivity contribution < 1.29 is 28.5 Å². The summed E-state index contributed by atoms with van der Waals surface area (Å²) in [6.45, 7) is 8.69. The number of allylic oxidation sites excluding steroid dienone is 1. The molecule has 0 saturated heterocycles. The quantitative estimate of drug-likeness (QED) is 0.375. The van der Waals surface area contributed by atoms with Gasteiger partial charge in [-0.15, -0.1) is 0 Å². The maximum atomic E-state index is 13.6. The summed E-state index contributed by atoms with van der Waals surface area (Å²) in [4.78, 5) is 32.0. The van der Waals surface area contributed by atoms with Gasteiger partial charge in [-0.2, -0.15) is 0 Å². The first-order chi connectivity index (χ1) is 18.2. The monoisotopic (exact) mass is 519 g/mol. The number of carbonyl (C=O) groups is 2. The van der Waals surface area contributed by atoms with Crippen molar-refractivity contribution in [3.63, 3.8) is 0 Å². The Kier molecular flexibility index (Phi) is 8.24. The Morgan fingerprint density at radius 3 is 2.39 bits per heavy atom. The molecule has 1 unspecified atom stereocenters. The summed E-state index contributed by atoms with van der Waals surface area (Å²) >= 11 is 0. The summed E-state index contributed by atoms with van der Waals surface area (Å²) in [6.07, 6.45) is 1.99. The molecule has 0 bridgehead atoms. The van der Waals surface area contributed by atoms with Gasteiger partial charge in [0.15, 0.2) is 11.5 Å². The normalized spacial score (nSPS) is 20.4. The van der Waals surface area contributed by atoms with Gasteiger partial charge in [-0.1, -0.05) is 39.0 Å². The fourth-order valence-corrected chi connectivity index (χ4v) is 5.38. The van der Waals surface area contributed by atoms with Crippen LogP contribution in [0.4, 0.5) is 0 Å². The van der Waals surface area contributed by atoms with Gasteiger partial charge in [-0.05, 0) is 60.6 Å². The van der Waals surface area contributed by atoms with E-state index < -0.39 is 17.8 Å². The summed E-state index contributed by atoms with van der Waals surface area (Å²) in [5.41, 5.74) is 3.27. The molecule has 2 atom stereocenters. The molecule has 1 saturated carbocycles. The van der Waals surface area contributed by atoms with Crippen LogP contribution in [0.15, 0.2) is 58.7 Å². The van der Waals surface area contributed by atoms with E-state index in [0.29, 0.717) is 42.2 Å². The van der Waals surface area contributed by atoms with Gasteiger partial charge >= 0.3 is 5.97 Å². The van der Waals surface area contributed by atoms with E-state index in [9.17, 15) is 9.59 Å². The smallest absolute Gasteiger partial charge is 0.336 e. The van der Waals surface area contributed by atoms with E-state index in [1.807, 2.05) is 56.3 Å². The highest BCUT2D eigenvalue weighted by molar-refractivity contribution is 6.12. The Hall–Kier alpha value is -3.61. The third-order valence-electron chi connectivity index (χ3n) is 7.12. The molecule has 0 aromatic heterocycles. The van der Waals surface area contributed by atoms with E-state index in [1.165, 1.54) is 0 Å². The predicted molar refractivity (Wildman–Crippen MR) is 146 cm³/mol. The van der Waals surface area contributed by atoms with Gasteiger partial charge in [-0.3, -0.25) is 9.79 Å². The molecule has 0 N–H and O–H groups in total. The average Bonchev–Trinajstić information content (AvgIpc) is 2.89. The van der Waals surface area contributed by atoms with Gasteiger partial charge in [0.05, 0.1) is 32.3 Å². The Morgan fingerprint density at radius 1 is 1.00 bits per heavy atom. The second kappa shape index (κ2) is 11.4. The molecule has 202 valence electrons. The zero-order valence-corrected chi connectivity index (χ0v) is 23.1. The van der Waals surface area contributed by atoms with Crippen LogP contribution < -0.4 is 14.2 Å². The van der Waals surface area contributed by atoms with Crippen LogP contribution in [0.3, 0.4) is 0 Å². The maximum absolute atomic E-state index is 13.6. The summed E-state index contributed by atoms with van der Waals surface area (Å²) in [5.74, 6) is 0.477. The zero-order chi connectivity index (χ0) is 27.4. The summed E-state index contributed by atoms with van der Waals surface area (Å²) in [6, 6.07) is 13.0. The highest BCUT2D eigenvalue weighted by Crippen LogP contribution is 2.48. The third kappa shape index (κ3) is 5.77. The van der Waals surface area contributed by atoms with E-state index in [2.05, 4.69) is 13.8 Å². The standard InChI is InChI=1S/C31H37NO6/c1-7-14-37-25-13-10-21(15-26(25)36-6)28-27(30(34)38-18-20-8-11-22(35-5)12-9-20)19(2)32-23-16-31(3,4)17-24(33)29(23)28/h8-13,15,28-29H,7,14,16-18H2,1-6H3/t28-,29?/m1/s1. The third-order valence-corrected chi connectivity index (χ3v) is 7.12. The number of rotatable bonds is 9. The number of carbonyl (C=O) groups excluding carboxylic acids is 2. The van der Waals surface area contributed by atoms with Gasteiger partial charge < -0.3 is 18.9 Å². The van der Waals surface area contributed by atoms with Gasteiger partial charge in [0.2, 0.25) is 0 Å². The van der Waals surface area contributed by atoms with Gasteiger partial charge in [0.1, 0.15) is 18.1 Å². The lowest BCUT2D eigenvalue weighted by atomic mass is 9.63. The number of Topliss-reactive ketones (excluding diaryl/α,β-unsaturated/α-hetero) is 1. The lowest BCUT2D eigenvalue weighted by Crippen LogP contribution is -2.44. The van der Waals surface area contributed by atoms with Crippen molar-refractivity contribution in [1.82, 2.24) is 0 Å². The average molecular weight is 520 g/mol. The van der Waals surface area contributed by atoms with Crippen molar-refractivity contribution in [1.29, 1.82) is 0 Å². The minimum Gasteiger partial charge on any atom is -0.497 e. The molecule has 2 aliphatic rings. The van der Waals surface area contributed by atoms with E-state index in [1.54, 1.807) is 14.2 Å². The second-order valence-electron chi connectivity index (χ2n) is 10.7. The molecule has 2 aromatic rings. The summed E-state index contributed by atoms with van der Waals surface area (Å²) < 4.78 is 22.5. The molecule has 2 aromatic carbocycles. The van der Waals surface area contributed by atoms with Crippen LogP contribution in [0.5, 0.6) is 17.2 Å². The van der Waals surface area contributed by atoms with Crippen LogP contribution in [-0.2, 0) is 20.9 Å². The first-order valence-electron chi connectivity index (χ1n) is 13.1. The lowest BCUT2D eigenvalue weighted by Gasteiger charge is -2.41. The van der Waals surface area contributed by atoms with E-state index in [-0.39, 0.29) is 17.8 Å². The van der Waals surface area contributed by atoms with Crippen molar-refractivity contribution in [2.24, 2.45) is 16.3 Å². The topological polar surface area (TPSA) is 83.4 Å². The molecule has 38 heavy (non-hydrogen) atoms. The lowest BCUT2D eigenvalue weighted by molar-refractivity contribution is -0.140. The minimum absolute atomic E-state index is 0.0863. The van der Waals surface area contributed by atoms with Crippen LogP contribution >= 0.6 is 0 Å². The van der Waals surface area contributed by atoms with Gasteiger partial charge in [-0.25, -0.2) is 4.79 Å². The predicted octanol–water partition coefficient (Wildman–Crippen LogP) is 6.05. The number of hydrogen-bond donors (Lipinski definition) is 0. The van der Waals surface area contributed by atoms with E-state index >= 15 is 0 Å².